The number of hydrogen-bond donors (Lipinski definition) is 0. The second-order valence-corrected chi connectivity index (χ2v) is 6.36. The zero-order valence-corrected chi connectivity index (χ0v) is 9.81. The van der Waals surface area contributed by atoms with E-state index in [-0.39, 0.29) is 11.8 Å². The summed E-state index contributed by atoms with van der Waals surface area (Å²) in [7, 11) is -2.74. The van der Waals surface area contributed by atoms with Crippen LogP contribution in [-0.2, 0) is 18.4 Å². The molecule has 0 rings (SSSR count). The second kappa shape index (κ2) is 5.46. The van der Waals surface area contributed by atoms with Gasteiger partial charge in [-0.05, 0) is 0 Å². The lowest BCUT2D eigenvalue weighted by Crippen LogP contribution is -2.40. The molecule has 76 valence electrons. The summed E-state index contributed by atoms with van der Waals surface area (Å²) >= 11 is 10.4. The quantitative estimate of drug-likeness (QED) is 0.552. The molecule has 0 aromatic heterocycles. The Morgan fingerprint density at radius 3 is 1.62 bits per heavy atom. The second-order valence-electron chi connectivity index (χ2n) is 2.62. The molecule has 13 heavy (non-hydrogen) atoms. The van der Waals surface area contributed by atoms with E-state index in [0.29, 0.717) is 0 Å². The average Bonchev–Trinajstić information content (AvgIpc) is 2.02. The van der Waals surface area contributed by atoms with Crippen LogP contribution in [0.15, 0.2) is 0 Å². The SMILES string of the molecule is C[Si](C)(OC(=O)CCl)OC(=O)CCl. The minimum Gasteiger partial charge on any atom is -0.484 e. The van der Waals surface area contributed by atoms with Gasteiger partial charge in [-0.25, -0.2) is 0 Å². The van der Waals surface area contributed by atoms with Crippen molar-refractivity contribution in [3.63, 3.8) is 0 Å². The van der Waals surface area contributed by atoms with Crippen LogP contribution < -0.4 is 0 Å². The Labute approximate surface area is 87.3 Å². The van der Waals surface area contributed by atoms with Crippen LogP contribution in [0.2, 0.25) is 13.1 Å². The van der Waals surface area contributed by atoms with E-state index in [1.807, 2.05) is 0 Å². The van der Waals surface area contributed by atoms with Gasteiger partial charge < -0.3 is 8.85 Å². The lowest BCUT2D eigenvalue weighted by Gasteiger charge is -2.20. The maximum Gasteiger partial charge on any atom is 0.457 e. The van der Waals surface area contributed by atoms with Crippen LogP contribution in [0.4, 0.5) is 0 Å². The summed E-state index contributed by atoms with van der Waals surface area (Å²) in [5, 5.41) is 0. The summed E-state index contributed by atoms with van der Waals surface area (Å²) in [6, 6.07) is 0. The van der Waals surface area contributed by atoms with Crippen LogP contribution in [-0.4, -0.2) is 32.3 Å². The molecule has 0 atom stereocenters. The van der Waals surface area contributed by atoms with Crippen LogP contribution in [0.1, 0.15) is 0 Å². The first-order chi connectivity index (χ1) is 5.91. The summed E-state index contributed by atoms with van der Waals surface area (Å²) in [5.41, 5.74) is 0. The van der Waals surface area contributed by atoms with Crippen molar-refractivity contribution in [1.29, 1.82) is 0 Å². The highest BCUT2D eigenvalue weighted by Crippen LogP contribution is 2.08. The summed E-state index contributed by atoms with van der Waals surface area (Å²) in [4.78, 5) is 21.5. The molecule has 7 heteroatoms. The summed E-state index contributed by atoms with van der Waals surface area (Å²) in [5.74, 6) is -1.70. The van der Waals surface area contributed by atoms with Gasteiger partial charge in [0.15, 0.2) is 0 Å². The third kappa shape index (κ3) is 5.90. The molecule has 0 aliphatic rings. The van der Waals surface area contributed by atoms with E-state index >= 15 is 0 Å². The van der Waals surface area contributed by atoms with E-state index < -0.39 is 20.5 Å². The Morgan fingerprint density at radius 2 is 1.38 bits per heavy atom. The van der Waals surface area contributed by atoms with Crippen LogP contribution in [0.5, 0.6) is 0 Å². The molecule has 0 unspecified atom stereocenters. The van der Waals surface area contributed by atoms with Crippen molar-refractivity contribution in [2.24, 2.45) is 0 Å². The van der Waals surface area contributed by atoms with E-state index in [1.165, 1.54) is 0 Å². The highest BCUT2D eigenvalue weighted by molar-refractivity contribution is 6.68. The predicted octanol–water partition coefficient (Wildman–Crippen LogP) is 1.25. The standard InChI is InChI=1S/C6H10Cl2O4Si/c1-13(2,11-5(9)3-7)12-6(10)4-8/h3-4H2,1-2H3. The average molecular weight is 245 g/mol. The molecule has 0 spiro atoms. The zero-order valence-electron chi connectivity index (χ0n) is 7.30. The maximum atomic E-state index is 10.8. The van der Waals surface area contributed by atoms with E-state index in [9.17, 15) is 9.59 Å². The fourth-order valence-electron chi connectivity index (χ4n) is 0.624. The number of carbonyl (C=O) groups is 2. The van der Waals surface area contributed by atoms with Gasteiger partial charge in [0.05, 0.1) is 0 Å². The summed E-state index contributed by atoms with van der Waals surface area (Å²) in [6.45, 7) is 3.11. The molecule has 0 aromatic rings. The lowest BCUT2D eigenvalue weighted by molar-refractivity contribution is -0.138. The van der Waals surface area contributed by atoms with Gasteiger partial charge in [0.1, 0.15) is 11.8 Å². The molecular formula is C6H10Cl2O4Si. The Hall–Kier alpha value is -0.263. The van der Waals surface area contributed by atoms with Gasteiger partial charge in [0, 0.05) is 13.1 Å². The van der Waals surface area contributed by atoms with Gasteiger partial charge >= 0.3 is 20.5 Å². The molecule has 0 fully saturated rings. The van der Waals surface area contributed by atoms with Crippen molar-refractivity contribution in [3.05, 3.63) is 0 Å². The van der Waals surface area contributed by atoms with Gasteiger partial charge in [0.2, 0.25) is 0 Å². The first-order valence-electron chi connectivity index (χ1n) is 3.47. The van der Waals surface area contributed by atoms with E-state index in [2.05, 4.69) is 0 Å². The van der Waals surface area contributed by atoms with Crippen molar-refractivity contribution in [3.8, 4) is 0 Å². The van der Waals surface area contributed by atoms with Gasteiger partial charge in [-0.1, -0.05) is 0 Å². The zero-order chi connectivity index (χ0) is 10.5. The summed E-state index contributed by atoms with van der Waals surface area (Å²) < 4.78 is 9.65. The first-order valence-corrected chi connectivity index (χ1v) is 7.35. The van der Waals surface area contributed by atoms with Gasteiger partial charge in [-0.2, -0.15) is 0 Å². The lowest BCUT2D eigenvalue weighted by atomic mass is 10.8. The molecule has 0 aliphatic heterocycles. The third-order valence-corrected chi connectivity index (χ3v) is 2.81. The third-order valence-electron chi connectivity index (χ3n) is 0.937. The maximum absolute atomic E-state index is 10.8. The van der Waals surface area contributed by atoms with Crippen molar-refractivity contribution in [2.45, 2.75) is 13.1 Å². The summed E-state index contributed by atoms with van der Waals surface area (Å²) in [6.07, 6.45) is 0. The van der Waals surface area contributed by atoms with Crippen LogP contribution in [0.3, 0.4) is 0 Å². The van der Waals surface area contributed by atoms with Crippen molar-refractivity contribution < 1.29 is 18.4 Å². The van der Waals surface area contributed by atoms with Crippen molar-refractivity contribution in [1.82, 2.24) is 0 Å². The smallest absolute Gasteiger partial charge is 0.457 e. The van der Waals surface area contributed by atoms with E-state index in [1.54, 1.807) is 13.1 Å². The molecule has 0 aromatic carbocycles. The molecule has 0 heterocycles. The van der Waals surface area contributed by atoms with Crippen molar-refractivity contribution in [2.75, 3.05) is 11.8 Å². The highest BCUT2D eigenvalue weighted by Gasteiger charge is 2.32. The van der Waals surface area contributed by atoms with Crippen LogP contribution in [0, 0.1) is 0 Å². The molecule has 4 nitrogen and oxygen atoms in total. The molecule has 0 bridgehead atoms. The van der Waals surface area contributed by atoms with E-state index in [4.69, 9.17) is 32.1 Å². The number of alkyl halides is 2. The minimum atomic E-state index is -2.74. The molecule has 0 saturated heterocycles. The van der Waals surface area contributed by atoms with Crippen molar-refractivity contribution >= 4 is 43.7 Å². The van der Waals surface area contributed by atoms with Crippen LogP contribution >= 0.6 is 23.2 Å². The number of halogens is 2. The predicted molar refractivity (Wildman–Crippen MR) is 51.1 cm³/mol. The highest BCUT2D eigenvalue weighted by atomic mass is 35.5. The molecule has 0 saturated carbocycles. The Balaban J connectivity index is 4.07. The minimum absolute atomic E-state index is 0.255. The fourth-order valence-corrected chi connectivity index (χ4v) is 2.20. The van der Waals surface area contributed by atoms with Gasteiger partial charge in [-0.3, -0.25) is 9.59 Å². The molecule has 0 radical (unpaired) electrons. The Bertz CT molecular complexity index is 187. The molecule has 0 N–H and O–H groups in total. The van der Waals surface area contributed by atoms with Gasteiger partial charge in [-0.15, -0.1) is 23.2 Å². The molecular weight excluding hydrogens is 235 g/mol. The molecule has 0 aliphatic carbocycles. The van der Waals surface area contributed by atoms with Crippen LogP contribution in [0.25, 0.3) is 0 Å². The fraction of sp³-hybridized carbons (Fsp3) is 0.667. The monoisotopic (exact) mass is 244 g/mol. The topological polar surface area (TPSA) is 52.6 Å². The van der Waals surface area contributed by atoms with E-state index in [0.717, 1.165) is 0 Å². The first kappa shape index (κ1) is 12.7. The number of rotatable bonds is 4. The largest absolute Gasteiger partial charge is 0.484 e. The number of carbonyl (C=O) groups excluding carboxylic acids is 2. The van der Waals surface area contributed by atoms with Gasteiger partial charge in [0.25, 0.3) is 0 Å². The molecule has 0 amide bonds. The number of hydrogen-bond acceptors (Lipinski definition) is 4. The Morgan fingerprint density at radius 1 is 1.08 bits per heavy atom. The Kier molecular flexibility index (Phi) is 5.35. The normalized spacial score (nSPS) is 10.8.